The van der Waals surface area contributed by atoms with Crippen LogP contribution in [0, 0.1) is 6.92 Å². The third kappa shape index (κ3) is 4.70. The van der Waals surface area contributed by atoms with E-state index in [4.69, 9.17) is 4.74 Å². The van der Waals surface area contributed by atoms with Gasteiger partial charge in [-0.25, -0.2) is 4.79 Å². The minimum absolute atomic E-state index is 0.0794. The third-order valence-electron chi connectivity index (χ3n) is 3.84. The van der Waals surface area contributed by atoms with Gasteiger partial charge in [0.05, 0.1) is 11.8 Å². The number of carbonyl (C=O) groups is 2. The summed E-state index contributed by atoms with van der Waals surface area (Å²) in [7, 11) is 0. The number of nitrogens with one attached hydrogen (secondary N) is 1. The maximum absolute atomic E-state index is 12.8. The summed E-state index contributed by atoms with van der Waals surface area (Å²) in [4.78, 5) is 24.8. The van der Waals surface area contributed by atoms with Crippen molar-refractivity contribution in [1.29, 1.82) is 0 Å². The van der Waals surface area contributed by atoms with Crippen LogP contribution in [0.25, 0.3) is 0 Å². The zero-order valence-corrected chi connectivity index (χ0v) is 16.2. The van der Waals surface area contributed by atoms with Gasteiger partial charge in [0, 0.05) is 18.4 Å². The minimum atomic E-state index is -4.61. The highest BCUT2D eigenvalue weighted by atomic mass is 19.4. The lowest BCUT2D eigenvalue weighted by Crippen LogP contribution is -2.26. The van der Waals surface area contributed by atoms with E-state index in [-0.39, 0.29) is 23.2 Å². The zero-order chi connectivity index (χ0) is 21.2. The summed E-state index contributed by atoms with van der Waals surface area (Å²) in [5.41, 5.74) is -0.863. The van der Waals surface area contributed by atoms with Gasteiger partial charge in [-0.05, 0) is 40.7 Å². The number of alkyl halides is 3. The highest BCUT2D eigenvalue weighted by Crippen LogP contribution is 2.29. The molecule has 1 amide bonds. The van der Waals surface area contributed by atoms with Crippen molar-refractivity contribution in [3.63, 3.8) is 0 Å². The molecule has 0 spiro atoms. The second-order valence-electron chi connectivity index (χ2n) is 6.48. The number of rotatable bonds is 6. The first-order chi connectivity index (χ1) is 12.9. The summed E-state index contributed by atoms with van der Waals surface area (Å²) in [5, 5.41) is 10.1. The largest absolute Gasteiger partial charge is 0.458 e. The first-order valence-corrected chi connectivity index (χ1v) is 8.66. The average molecular weight is 401 g/mol. The van der Waals surface area contributed by atoms with Gasteiger partial charge in [0.2, 0.25) is 5.91 Å². The Morgan fingerprint density at radius 3 is 2.39 bits per heavy atom. The molecule has 2 rings (SSSR count). The summed E-state index contributed by atoms with van der Waals surface area (Å²) in [6.45, 7) is 8.42. The molecule has 0 aliphatic heterocycles. The van der Waals surface area contributed by atoms with Gasteiger partial charge >= 0.3 is 12.1 Å². The average Bonchev–Trinajstić information content (AvgIpc) is 3.16. The number of carbonyl (C=O) groups excluding carboxylic acids is 2. The molecule has 0 bridgehead atoms. The smallest absolute Gasteiger partial charge is 0.435 e. The van der Waals surface area contributed by atoms with Gasteiger partial charge in [0.1, 0.15) is 6.04 Å². The minimum Gasteiger partial charge on any atom is -0.458 e. The van der Waals surface area contributed by atoms with Crippen LogP contribution in [-0.2, 0) is 22.3 Å². The molecule has 0 saturated carbocycles. The molecule has 1 N–H and O–H groups in total. The highest BCUT2D eigenvalue weighted by molar-refractivity contribution is 6.00. The third-order valence-corrected chi connectivity index (χ3v) is 3.84. The van der Waals surface area contributed by atoms with E-state index in [0.717, 1.165) is 10.7 Å². The molecule has 2 aromatic heterocycles. The molecule has 1 atom stereocenters. The Labute approximate surface area is 159 Å². The van der Waals surface area contributed by atoms with Gasteiger partial charge in [-0.3, -0.25) is 14.2 Å². The van der Waals surface area contributed by atoms with E-state index in [9.17, 15) is 22.8 Å². The monoisotopic (exact) mass is 401 g/mol. The van der Waals surface area contributed by atoms with Crippen molar-refractivity contribution in [1.82, 2.24) is 19.6 Å². The lowest BCUT2D eigenvalue weighted by Gasteiger charge is -2.14. The molecule has 0 fully saturated rings. The molecule has 11 heteroatoms. The van der Waals surface area contributed by atoms with Crippen LogP contribution in [0.1, 0.15) is 55.6 Å². The summed E-state index contributed by atoms with van der Waals surface area (Å²) in [6, 6.07) is -0.181. The fourth-order valence-electron chi connectivity index (χ4n) is 2.46. The van der Waals surface area contributed by atoms with Crippen molar-refractivity contribution in [2.24, 2.45) is 0 Å². The van der Waals surface area contributed by atoms with Crippen molar-refractivity contribution < 1.29 is 27.5 Å². The Hall–Kier alpha value is -2.85. The molecule has 0 saturated heterocycles. The van der Waals surface area contributed by atoms with Crippen LogP contribution in [0.3, 0.4) is 0 Å². The van der Waals surface area contributed by atoms with Crippen LogP contribution in [0.15, 0.2) is 12.3 Å². The van der Waals surface area contributed by atoms with E-state index in [0.29, 0.717) is 6.54 Å². The fourth-order valence-corrected chi connectivity index (χ4v) is 2.46. The molecule has 0 aliphatic rings. The van der Waals surface area contributed by atoms with Gasteiger partial charge in [0.25, 0.3) is 0 Å². The Morgan fingerprint density at radius 1 is 1.25 bits per heavy atom. The van der Waals surface area contributed by atoms with Crippen LogP contribution in [0.4, 0.5) is 18.9 Å². The molecular weight excluding hydrogens is 379 g/mol. The Kier molecular flexibility index (Phi) is 6.15. The Bertz CT molecular complexity index is 870. The molecule has 154 valence electrons. The first kappa shape index (κ1) is 21.5. The number of nitrogens with zero attached hydrogens (tertiary/aromatic N) is 4. The van der Waals surface area contributed by atoms with Crippen LogP contribution >= 0.6 is 0 Å². The zero-order valence-electron chi connectivity index (χ0n) is 16.2. The highest BCUT2D eigenvalue weighted by Gasteiger charge is 2.35. The van der Waals surface area contributed by atoms with Crippen molar-refractivity contribution in [3.05, 3.63) is 29.3 Å². The van der Waals surface area contributed by atoms with Gasteiger partial charge in [-0.2, -0.15) is 23.4 Å². The van der Waals surface area contributed by atoms with Crippen LogP contribution in [0.5, 0.6) is 0 Å². The molecule has 2 heterocycles. The summed E-state index contributed by atoms with van der Waals surface area (Å²) in [6.07, 6.45) is -3.53. The number of ether oxygens (including phenoxy) is 1. The number of aromatic nitrogens is 4. The van der Waals surface area contributed by atoms with E-state index in [1.54, 1.807) is 20.8 Å². The van der Waals surface area contributed by atoms with E-state index in [2.05, 4.69) is 15.5 Å². The molecule has 8 nitrogen and oxygen atoms in total. The maximum atomic E-state index is 12.8. The predicted octanol–water partition coefficient (Wildman–Crippen LogP) is 3.19. The predicted molar refractivity (Wildman–Crippen MR) is 93.8 cm³/mol. The SMILES string of the molecule is CCn1cc(NC(=O)C(C)n2nc(C(F)(F)F)cc2C)c(C(=O)OC(C)C)n1. The second kappa shape index (κ2) is 8.03. The van der Waals surface area contributed by atoms with E-state index in [1.165, 1.54) is 24.7 Å². The number of aryl methyl sites for hydroxylation is 2. The maximum Gasteiger partial charge on any atom is 0.435 e. The topological polar surface area (TPSA) is 91.0 Å². The first-order valence-electron chi connectivity index (χ1n) is 8.66. The molecule has 2 aromatic rings. The Balaban J connectivity index is 2.26. The number of amides is 1. The molecule has 1 unspecified atom stereocenters. The number of hydrogen-bond acceptors (Lipinski definition) is 5. The number of halogens is 3. The van der Waals surface area contributed by atoms with Crippen LogP contribution in [0.2, 0.25) is 0 Å². The number of hydrogen-bond donors (Lipinski definition) is 1. The van der Waals surface area contributed by atoms with Gasteiger partial charge in [-0.15, -0.1) is 0 Å². The van der Waals surface area contributed by atoms with Crippen molar-refractivity contribution in [2.75, 3.05) is 5.32 Å². The van der Waals surface area contributed by atoms with Crippen molar-refractivity contribution in [2.45, 2.75) is 59.5 Å². The normalized spacial score (nSPS) is 12.9. The number of anilines is 1. The molecule has 0 radical (unpaired) electrons. The molecule has 0 aromatic carbocycles. The summed E-state index contributed by atoms with van der Waals surface area (Å²) in [5.74, 6) is -1.35. The Morgan fingerprint density at radius 2 is 1.89 bits per heavy atom. The van der Waals surface area contributed by atoms with Gasteiger partial charge in [-0.1, -0.05) is 0 Å². The molecule has 0 aliphatic carbocycles. The van der Waals surface area contributed by atoms with Crippen molar-refractivity contribution in [3.8, 4) is 0 Å². The second-order valence-corrected chi connectivity index (χ2v) is 6.48. The van der Waals surface area contributed by atoms with E-state index < -0.39 is 29.8 Å². The summed E-state index contributed by atoms with van der Waals surface area (Å²) < 4.78 is 46.1. The van der Waals surface area contributed by atoms with E-state index in [1.807, 2.05) is 0 Å². The van der Waals surface area contributed by atoms with Crippen LogP contribution < -0.4 is 5.32 Å². The number of esters is 1. The molecule has 28 heavy (non-hydrogen) atoms. The lowest BCUT2D eigenvalue weighted by atomic mass is 10.2. The van der Waals surface area contributed by atoms with Gasteiger partial charge in [0.15, 0.2) is 11.4 Å². The lowest BCUT2D eigenvalue weighted by molar-refractivity contribution is -0.141. The van der Waals surface area contributed by atoms with Crippen molar-refractivity contribution >= 4 is 17.6 Å². The van der Waals surface area contributed by atoms with Gasteiger partial charge < -0.3 is 10.1 Å². The quantitative estimate of drug-likeness (QED) is 0.751. The van der Waals surface area contributed by atoms with E-state index >= 15 is 0 Å². The summed E-state index contributed by atoms with van der Waals surface area (Å²) >= 11 is 0. The fraction of sp³-hybridized carbons (Fsp3) is 0.529. The standard InChI is InChI=1S/C17H22F3N5O3/c1-6-24-8-12(14(23-24)16(27)28-9(2)3)21-15(26)11(5)25-10(4)7-13(22-25)17(18,19)20/h7-9,11H,6H2,1-5H3,(H,21,26). The van der Waals surface area contributed by atoms with Crippen LogP contribution in [-0.4, -0.2) is 37.5 Å². The molecular formula is C17H22F3N5O3.